The van der Waals surface area contributed by atoms with Crippen molar-refractivity contribution in [3.8, 4) is 0 Å². The molecule has 0 bridgehead atoms. The molecule has 1 rings (SSSR count). The molecule has 0 atom stereocenters. The second kappa shape index (κ2) is 6.78. The molecule has 3 N–H and O–H groups in total. The Morgan fingerprint density at radius 1 is 1.37 bits per heavy atom. The summed E-state index contributed by atoms with van der Waals surface area (Å²) in [6.45, 7) is 4.50. The van der Waals surface area contributed by atoms with Crippen LogP contribution in [0.4, 0.5) is 11.4 Å². The summed E-state index contributed by atoms with van der Waals surface area (Å²) in [5, 5.41) is 2.55. The van der Waals surface area contributed by atoms with Crippen LogP contribution in [0.1, 0.15) is 25.3 Å². The van der Waals surface area contributed by atoms with Crippen molar-refractivity contribution in [3.05, 3.63) is 23.8 Å². The number of nitrogens with two attached hydrogens (primary N) is 1. The summed E-state index contributed by atoms with van der Waals surface area (Å²) in [6, 6.07) is 5.29. The first-order valence-electron chi connectivity index (χ1n) is 6.38. The van der Waals surface area contributed by atoms with Crippen molar-refractivity contribution in [2.24, 2.45) is 0 Å². The molecular formula is C14H21N3O2. The third-order valence-corrected chi connectivity index (χ3v) is 2.85. The van der Waals surface area contributed by atoms with Crippen molar-refractivity contribution >= 4 is 23.2 Å². The number of nitrogens with one attached hydrogen (secondary N) is 1. The van der Waals surface area contributed by atoms with Gasteiger partial charge < -0.3 is 16.0 Å². The number of anilines is 2. The van der Waals surface area contributed by atoms with E-state index in [1.54, 1.807) is 19.2 Å². The second-order valence-electron chi connectivity index (χ2n) is 4.63. The van der Waals surface area contributed by atoms with Gasteiger partial charge in [0, 0.05) is 13.6 Å². The third-order valence-electron chi connectivity index (χ3n) is 2.85. The van der Waals surface area contributed by atoms with Gasteiger partial charge in [-0.1, -0.05) is 19.4 Å². The largest absolute Gasteiger partial charge is 0.397 e. The minimum absolute atomic E-state index is 0.447. The first kappa shape index (κ1) is 15.0. The van der Waals surface area contributed by atoms with Crippen LogP contribution in [0, 0.1) is 6.92 Å². The van der Waals surface area contributed by atoms with E-state index in [4.69, 9.17) is 5.73 Å². The van der Waals surface area contributed by atoms with E-state index in [9.17, 15) is 9.59 Å². The van der Waals surface area contributed by atoms with Gasteiger partial charge in [0.1, 0.15) is 0 Å². The van der Waals surface area contributed by atoms with Gasteiger partial charge in [0.15, 0.2) is 0 Å². The zero-order valence-corrected chi connectivity index (χ0v) is 11.7. The van der Waals surface area contributed by atoms with Gasteiger partial charge in [-0.15, -0.1) is 0 Å². The van der Waals surface area contributed by atoms with E-state index < -0.39 is 11.8 Å². The van der Waals surface area contributed by atoms with Crippen LogP contribution in [0.25, 0.3) is 0 Å². The highest BCUT2D eigenvalue weighted by atomic mass is 16.2. The number of carbonyl (C=O) groups is 2. The van der Waals surface area contributed by atoms with Crippen molar-refractivity contribution in [3.63, 3.8) is 0 Å². The molecular weight excluding hydrogens is 242 g/mol. The van der Waals surface area contributed by atoms with Crippen molar-refractivity contribution in [1.29, 1.82) is 0 Å². The maximum atomic E-state index is 11.8. The summed E-state index contributed by atoms with van der Waals surface area (Å²) in [4.78, 5) is 25.1. The summed E-state index contributed by atoms with van der Waals surface area (Å²) in [7, 11) is 1.62. The van der Waals surface area contributed by atoms with Crippen LogP contribution >= 0.6 is 0 Å². The lowest BCUT2D eigenvalue weighted by Crippen LogP contribution is -2.37. The zero-order chi connectivity index (χ0) is 14.4. The quantitative estimate of drug-likeness (QED) is 0.642. The molecule has 0 spiro atoms. The number of nitrogen functional groups attached to an aromatic ring is 1. The molecule has 0 aliphatic carbocycles. The molecule has 0 radical (unpaired) electrons. The number of rotatable bonds is 4. The molecule has 0 unspecified atom stereocenters. The lowest BCUT2D eigenvalue weighted by molar-refractivity contribution is -0.142. The van der Waals surface area contributed by atoms with Crippen molar-refractivity contribution < 1.29 is 9.59 Å². The first-order chi connectivity index (χ1) is 8.95. The Kier molecular flexibility index (Phi) is 5.36. The van der Waals surface area contributed by atoms with E-state index in [1.165, 1.54) is 4.90 Å². The Bertz CT molecular complexity index is 472. The number of likely N-dealkylation sites (N-methyl/N-ethyl adjacent to an activating group) is 1. The highest BCUT2D eigenvalue weighted by molar-refractivity contribution is 6.39. The van der Waals surface area contributed by atoms with Gasteiger partial charge >= 0.3 is 11.8 Å². The van der Waals surface area contributed by atoms with E-state index in [0.29, 0.717) is 17.9 Å². The normalized spacial score (nSPS) is 10.1. The standard InChI is InChI=1S/C14H21N3O2/c1-4-5-8-17(3)14(19)13(18)16-12-9-10(2)6-7-11(12)15/h6-7,9H,4-5,8,15H2,1-3H3,(H,16,18). The Labute approximate surface area is 113 Å². The molecule has 1 aromatic carbocycles. The van der Waals surface area contributed by atoms with Crippen molar-refractivity contribution in [2.75, 3.05) is 24.6 Å². The number of hydrogen-bond donors (Lipinski definition) is 2. The van der Waals surface area contributed by atoms with Crippen LogP contribution in [0.5, 0.6) is 0 Å². The summed E-state index contributed by atoms with van der Waals surface area (Å²) in [6.07, 6.45) is 1.85. The number of benzene rings is 1. The topological polar surface area (TPSA) is 75.4 Å². The summed E-state index contributed by atoms with van der Waals surface area (Å²) < 4.78 is 0. The average molecular weight is 263 g/mol. The molecule has 0 aliphatic heterocycles. The number of amides is 2. The van der Waals surface area contributed by atoms with E-state index in [-0.39, 0.29) is 0 Å². The van der Waals surface area contributed by atoms with Crippen LogP contribution < -0.4 is 11.1 Å². The van der Waals surface area contributed by atoms with Gasteiger partial charge in [0.2, 0.25) is 0 Å². The fourth-order valence-corrected chi connectivity index (χ4v) is 1.62. The number of aryl methyl sites for hydroxylation is 1. The molecule has 2 amide bonds. The molecule has 19 heavy (non-hydrogen) atoms. The van der Waals surface area contributed by atoms with E-state index in [1.807, 2.05) is 19.9 Å². The fraction of sp³-hybridized carbons (Fsp3) is 0.429. The molecule has 0 aliphatic rings. The Morgan fingerprint density at radius 2 is 2.05 bits per heavy atom. The summed E-state index contributed by atoms with van der Waals surface area (Å²) in [5.41, 5.74) is 7.64. The molecule has 0 fully saturated rings. The monoisotopic (exact) mass is 263 g/mol. The Morgan fingerprint density at radius 3 is 2.68 bits per heavy atom. The van der Waals surface area contributed by atoms with Gasteiger partial charge in [0.05, 0.1) is 11.4 Å². The summed E-state index contributed by atoms with van der Waals surface area (Å²) in [5.74, 6) is -1.20. The summed E-state index contributed by atoms with van der Waals surface area (Å²) >= 11 is 0. The van der Waals surface area contributed by atoms with Gasteiger partial charge in [-0.05, 0) is 31.0 Å². The fourth-order valence-electron chi connectivity index (χ4n) is 1.62. The number of carbonyl (C=O) groups excluding carboxylic acids is 2. The van der Waals surface area contributed by atoms with Crippen LogP contribution in [-0.4, -0.2) is 30.3 Å². The van der Waals surface area contributed by atoms with Crippen molar-refractivity contribution in [1.82, 2.24) is 4.90 Å². The van der Waals surface area contributed by atoms with Gasteiger partial charge in [-0.2, -0.15) is 0 Å². The first-order valence-corrected chi connectivity index (χ1v) is 6.38. The lowest BCUT2D eigenvalue weighted by Gasteiger charge is -2.16. The highest BCUT2D eigenvalue weighted by Crippen LogP contribution is 2.19. The minimum Gasteiger partial charge on any atom is -0.397 e. The predicted molar refractivity (Wildman–Crippen MR) is 76.8 cm³/mol. The molecule has 104 valence electrons. The van der Waals surface area contributed by atoms with E-state index >= 15 is 0 Å². The molecule has 1 aromatic rings. The second-order valence-corrected chi connectivity index (χ2v) is 4.63. The number of nitrogens with zero attached hydrogens (tertiary/aromatic N) is 1. The maximum absolute atomic E-state index is 11.8. The number of hydrogen-bond acceptors (Lipinski definition) is 3. The minimum atomic E-state index is -0.657. The van der Waals surface area contributed by atoms with Gasteiger partial charge in [0.25, 0.3) is 0 Å². The van der Waals surface area contributed by atoms with Crippen LogP contribution in [0.2, 0.25) is 0 Å². The lowest BCUT2D eigenvalue weighted by atomic mass is 10.2. The Hall–Kier alpha value is -2.04. The molecule has 5 nitrogen and oxygen atoms in total. The zero-order valence-electron chi connectivity index (χ0n) is 11.7. The van der Waals surface area contributed by atoms with Crippen LogP contribution in [0.15, 0.2) is 18.2 Å². The Balaban J connectivity index is 2.68. The molecule has 0 aromatic heterocycles. The average Bonchev–Trinajstić information content (AvgIpc) is 2.39. The van der Waals surface area contributed by atoms with Gasteiger partial charge in [-0.3, -0.25) is 9.59 Å². The maximum Gasteiger partial charge on any atom is 0.313 e. The number of unbranched alkanes of at least 4 members (excludes halogenated alkanes) is 1. The van der Waals surface area contributed by atoms with Crippen molar-refractivity contribution in [2.45, 2.75) is 26.7 Å². The SMILES string of the molecule is CCCCN(C)C(=O)C(=O)Nc1cc(C)ccc1N. The van der Waals surface area contributed by atoms with Gasteiger partial charge in [-0.25, -0.2) is 0 Å². The molecule has 5 heteroatoms. The molecule has 0 heterocycles. The smallest absolute Gasteiger partial charge is 0.313 e. The molecule has 0 saturated heterocycles. The van der Waals surface area contributed by atoms with Crippen LogP contribution in [-0.2, 0) is 9.59 Å². The third kappa shape index (κ3) is 4.28. The van der Waals surface area contributed by atoms with E-state index in [0.717, 1.165) is 18.4 Å². The van der Waals surface area contributed by atoms with Crippen LogP contribution in [0.3, 0.4) is 0 Å². The predicted octanol–water partition coefficient (Wildman–Crippen LogP) is 1.77. The van der Waals surface area contributed by atoms with E-state index in [2.05, 4.69) is 5.32 Å². The molecule has 0 saturated carbocycles. The highest BCUT2D eigenvalue weighted by Gasteiger charge is 2.18.